The number of hydrogen-bond acceptors (Lipinski definition) is 2. The summed E-state index contributed by atoms with van der Waals surface area (Å²) in [6, 6.07) is 5.56. The van der Waals surface area contributed by atoms with Crippen molar-refractivity contribution in [2.24, 2.45) is 5.92 Å². The maximum atomic E-state index is 13.1. The number of rotatable bonds is 0. The van der Waals surface area contributed by atoms with Crippen molar-refractivity contribution in [3.63, 3.8) is 0 Å². The van der Waals surface area contributed by atoms with Crippen molar-refractivity contribution >= 4 is 11.8 Å². The van der Waals surface area contributed by atoms with Crippen LogP contribution >= 0.6 is 11.8 Å². The van der Waals surface area contributed by atoms with Crippen LogP contribution in [0, 0.1) is 11.7 Å². The molecule has 0 radical (unpaired) electrons. The van der Waals surface area contributed by atoms with Crippen molar-refractivity contribution in [3.05, 3.63) is 29.6 Å². The molecule has 2 heterocycles. The molecule has 3 heteroatoms. The molecule has 1 saturated heterocycles. The van der Waals surface area contributed by atoms with Crippen LogP contribution in [0.4, 0.5) is 4.39 Å². The van der Waals surface area contributed by atoms with E-state index >= 15 is 0 Å². The Labute approximate surface area is 87.1 Å². The summed E-state index contributed by atoms with van der Waals surface area (Å²) in [4.78, 5) is 1.25. The predicted octanol–water partition coefficient (Wildman–Crippen LogP) is 2.58. The third kappa shape index (κ3) is 1.27. The van der Waals surface area contributed by atoms with Gasteiger partial charge in [-0.2, -0.15) is 0 Å². The first kappa shape index (κ1) is 8.74. The highest BCUT2D eigenvalue weighted by molar-refractivity contribution is 7.99. The molecule has 0 amide bonds. The Bertz CT molecular complexity index is 366. The topological polar surface area (TPSA) is 12.0 Å². The van der Waals surface area contributed by atoms with Crippen LogP contribution < -0.4 is 5.32 Å². The van der Waals surface area contributed by atoms with Crippen molar-refractivity contribution < 1.29 is 4.39 Å². The lowest BCUT2D eigenvalue weighted by molar-refractivity contribution is 0.491. The zero-order chi connectivity index (χ0) is 9.54. The predicted molar refractivity (Wildman–Crippen MR) is 56.0 cm³/mol. The third-order valence-corrected chi connectivity index (χ3v) is 4.39. The lowest BCUT2D eigenvalue weighted by atomic mass is 9.95. The van der Waals surface area contributed by atoms with Gasteiger partial charge < -0.3 is 5.32 Å². The van der Waals surface area contributed by atoms with Crippen LogP contribution in [0.5, 0.6) is 0 Å². The van der Waals surface area contributed by atoms with Crippen LogP contribution in [0.3, 0.4) is 0 Å². The Balaban J connectivity index is 2.07. The van der Waals surface area contributed by atoms with Crippen LogP contribution in [0.2, 0.25) is 0 Å². The molecule has 1 fully saturated rings. The number of nitrogens with one attached hydrogen (secondary N) is 1. The Hall–Kier alpha value is -0.540. The molecular weight excluding hydrogens is 197 g/mol. The number of thioether (sulfide) groups is 1. The van der Waals surface area contributed by atoms with Gasteiger partial charge in [0.25, 0.3) is 0 Å². The molecule has 0 bridgehead atoms. The van der Waals surface area contributed by atoms with Gasteiger partial charge in [-0.1, -0.05) is 0 Å². The van der Waals surface area contributed by atoms with Gasteiger partial charge >= 0.3 is 0 Å². The fourth-order valence-electron chi connectivity index (χ4n) is 2.39. The number of hydrogen-bond donors (Lipinski definition) is 1. The third-order valence-electron chi connectivity index (χ3n) is 3.11. The molecule has 0 aromatic heterocycles. The van der Waals surface area contributed by atoms with Gasteiger partial charge in [0.15, 0.2) is 0 Å². The number of benzene rings is 1. The van der Waals surface area contributed by atoms with Crippen LogP contribution in [-0.4, -0.2) is 12.3 Å². The van der Waals surface area contributed by atoms with Gasteiger partial charge in [0.2, 0.25) is 0 Å². The molecule has 1 aromatic rings. The first-order valence-corrected chi connectivity index (χ1v) is 5.99. The Morgan fingerprint density at radius 2 is 2.36 bits per heavy atom. The van der Waals surface area contributed by atoms with Gasteiger partial charge in [0.05, 0.1) is 0 Å². The largest absolute Gasteiger partial charge is 0.310 e. The van der Waals surface area contributed by atoms with E-state index in [1.54, 1.807) is 12.1 Å². The van der Waals surface area contributed by atoms with Gasteiger partial charge in [0, 0.05) is 16.7 Å². The van der Waals surface area contributed by atoms with Crippen LogP contribution in [0.25, 0.3) is 0 Å². The number of fused-ring (bicyclic) bond motifs is 3. The zero-order valence-corrected chi connectivity index (χ0v) is 8.61. The molecule has 2 aliphatic rings. The molecule has 1 aromatic carbocycles. The molecule has 1 N–H and O–H groups in total. The highest BCUT2D eigenvalue weighted by Gasteiger charge is 2.33. The van der Waals surface area contributed by atoms with Crippen LogP contribution in [0.1, 0.15) is 18.0 Å². The molecule has 3 rings (SSSR count). The normalized spacial score (nSPS) is 29.8. The second kappa shape index (κ2) is 3.24. The SMILES string of the molecule is Fc1ccc2c(c1)C1NCCC1CS2. The quantitative estimate of drug-likeness (QED) is 0.705. The van der Waals surface area contributed by atoms with E-state index in [4.69, 9.17) is 0 Å². The summed E-state index contributed by atoms with van der Waals surface area (Å²) in [6.07, 6.45) is 1.23. The molecule has 2 atom stereocenters. The maximum absolute atomic E-state index is 13.1. The first-order chi connectivity index (χ1) is 6.84. The van der Waals surface area contributed by atoms with Crippen molar-refractivity contribution in [1.82, 2.24) is 5.32 Å². The summed E-state index contributed by atoms with van der Waals surface area (Å²) in [5, 5.41) is 3.46. The van der Waals surface area contributed by atoms with Crippen molar-refractivity contribution in [2.45, 2.75) is 17.4 Å². The average Bonchev–Trinajstić information content (AvgIpc) is 2.65. The van der Waals surface area contributed by atoms with E-state index < -0.39 is 0 Å². The van der Waals surface area contributed by atoms with E-state index in [0.717, 1.165) is 6.54 Å². The average molecular weight is 209 g/mol. The Morgan fingerprint density at radius 1 is 1.43 bits per heavy atom. The molecule has 2 aliphatic heterocycles. The van der Waals surface area contributed by atoms with Crippen LogP contribution in [-0.2, 0) is 0 Å². The summed E-state index contributed by atoms with van der Waals surface area (Å²) >= 11 is 1.87. The van der Waals surface area contributed by atoms with Crippen molar-refractivity contribution in [1.29, 1.82) is 0 Å². The molecule has 74 valence electrons. The molecule has 0 spiro atoms. The maximum Gasteiger partial charge on any atom is 0.123 e. The number of halogens is 1. The second-order valence-corrected chi connectivity index (χ2v) is 5.04. The summed E-state index contributed by atoms with van der Waals surface area (Å²) in [7, 11) is 0. The first-order valence-electron chi connectivity index (χ1n) is 5.00. The summed E-state index contributed by atoms with van der Waals surface area (Å²) in [5.41, 5.74) is 1.17. The molecule has 0 aliphatic carbocycles. The van der Waals surface area contributed by atoms with Crippen LogP contribution in [0.15, 0.2) is 23.1 Å². The molecule has 2 unspecified atom stereocenters. The minimum atomic E-state index is -0.112. The molecule has 0 saturated carbocycles. The van der Waals surface area contributed by atoms with Gasteiger partial charge in [-0.15, -0.1) is 11.8 Å². The minimum absolute atomic E-state index is 0.112. The van der Waals surface area contributed by atoms with Crippen molar-refractivity contribution in [3.8, 4) is 0 Å². The summed E-state index contributed by atoms with van der Waals surface area (Å²) < 4.78 is 13.1. The molecule has 14 heavy (non-hydrogen) atoms. The molecule has 1 nitrogen and oxygen atoms in total. The molecular formula is C11H12FNS. The van der Waals surface area contributed by atoms with E-state index in [1.807, 2.05) is 17.8 Å². The van der Waals surface area contributed by atoms with E-state index in [2.05, 4.69) is 5.32 Å². The highest BCUT2D eigenvalue weighted by Crippen LogP contribution is 2.43. The van der Waals surface area contributed by atoms with Gasteiger partial charge in [-0.25, -0.2) is 4.39 Å². The highest BCUT2D eigenvalue weighted by atomic mass is 32.2. The lowest BCUT2D eigenvalue weighted by Crippen LogP contribution is -2.23. The standard InChI is InChI=1S/C11H12FNS/c12-8-1-2-10-9(5-8)11-7(6-14-10)3-4-13-11/h1-2,5,7,11,13H,3-4,6H2. The lowest BCUT2D eigenvalue weighted by Gasteiger charge is -2.27. The van der Waals surface area contributed by atoms with E-state index in [9.17, 15) is 4.39 Å². The fourth-order valence-corrected chi connectivity index (χ4v) is 3.66. The Kier molecular flexibility index (Phi) is 2.03. The van der Waals surface area contributed by atoms with Gasteiger partial charge in [-0.05, 0) is 42.6 Å². The smallest absolute Gasteiger partial charge is 0.123 e. The second-order valence-electron chi connectivity index (χ2n) is 3.97. The van der Waals surface area contributed by atoms with E-state index in [-0.39, 0.29) is 5.82 Å². The van der Waals surface area contributed by atoms with Gasteiger partial charge in [-0.3, -0.25) is 0 Å². The minimum Gasteiger partial charge on any atom is -0.310 e. The van der Waals surface area contributed by atoms with E-state index in [0.29, 0.717) is 12.0 Å². The van der Waals surface area contributed by atoms with Gasteiger partial charge in [0.1, 0.15) is 5.82 Å². The fraction of sp³-hybridized carbons (Fsp3) is 0.455. The van der Waals surface area contributed by atoms with Crippen molar-refractivity contribution in [2.75, 3.05) is 12.3 Å². The van der Waals surface area contributed by atoms with E-state index in [1.165, 1.54) is 22.6 Å². The summed E-state index contributed by atoms with van der Waals surface area (Å²) in [6.45, 7) is 1.08. The Morgan fingerprint density at radius 3 is 3.29 bits per heavy atom. The monoisotopic (exact) mass is 209 g/mol. The zero-order valence-electron chi connectivity index (χ0n) is 7.79. The summed E-state index contributed by atoms with van der Waals surface area (Å²) in [5.74, 6) is 1.77.